The molecule has 0 radical (unpaired) electrons. The Kier molecular flexibility index (Phi) is 7.43. The number of fused-ring (bicyclic) bond motifs is 1. The van der Waals surface area contributed by atoms with Crippen LogP contribution >= 0.6 is 20.2 Å². The zero-order valence-corrected chi connectivity index (χ0v) is 17.6. The van der Waals surface area contributed by atoms with E-state index >= 15 is 0 Å². The molecular formula is C23H23O4PS. The van der Waals surface area contributed by atoms with E-state index in [1.165, 1.54) is 11.8 Å². The van der Waals surface area contributed by atoms with Crippen LogP contribution in [0.4, 0.5) is 0 Å². The average molecular weight is 426 g/mol. The molecule has 2 N–H and O–H groups in total. The largest absolute Gasteiger partial charge is 0.481 e. The van der Waals surface area contributed by atoms with Crippen molar-refractivity contribution >= 4 is 37.0 Å². The van der Waals surface area contributed by atoms with Crippen molar-refractivity contribution in [3.63, 3.8) is 0 Å². The van der Waals surface area contributed by atoms with Gasteiger partial charge in [-0.1, -0.05) is 60.7 Å². The quantitative estimate of drug-likeness (QED) is 0.324. The predicted octanol–water partition coefficient (Wildman–Crippen LogP) is 5.64. The molecule has 2 atom stereocenters. The number of thioether (sulfide) groups is 1. The van der Waals surface area contributed by atoms with Crippen LogP contribution in [0.5, 0.6) is 0 Å². The van der Waals surface area contributed by atoms with Crippen LogP contribution in [0.15, 0.2) is 77.7 Å². The molecule has 0 fully saturated rings. The highest BCUT2D eigenvalue weighted by Gasteiger charge is 2.42. The van der Waals surface area contributed by atoms with Gasteiger partial charge in [-0.15, -0.1) is 11.8 Å². The molecule has 0 aliphatic rings. The number of carboxylic acid groups (broad SMARTS) is 1. The van der Waals surface area contributed by atoms with E-state index in [1.54, 1.807) is 0 Å². The Bertz CT molecular complexity index is 979. The third-order valence-electron chi connectivity index (χ3n) is 4.99. The zero-order chi connectivity index (χ0) is 20.7. The number of hydrogen-bond donors (Lipinski definition) is 2. The molecule has 0 spiro atoms. The summed E-state index contributed by atoms with van der Waals surface area (Å²) in [6.45, 7) is 0. The summed E-state index contributed by atoms with van der Waals surface area (Å²) in [6, 6.07) is 23.6. The number of carbonyl (C=O) groups is 1. The third kappa shape index (κ3) is 5.66. The van der Waals surface area contributed by atoms with Crippen LogP contribution in [-0.2, 0) is 15.8 Å². The molecule has 0 aromatic heterocycles. The minimum Gasteiger partial charge on any atom is -0.481 e. The van der Waals surface area contributed by atoms with Gasteiger partial charge < -0.3 is 10.2 Å². The second kappa shape index (κ2) is 10.0. The molecule has 0 bridgehead atoms. The lowest BCUT2D eigenvalue weighted by atomic mass is 9.95. The van der Waals surface area contributed by atoms with Crippen LogP contribution < -0.4 is 0 Å². The molecule has 3 aromatic rings. The predicted molar refractivity (Wildman–Crippen MR) is 118 cm³/mol. The second-order valence-electron chi connectivity index (χ2n) is 7.04. The molecule has 150 valence electrons. The maximum atomic E-state index is 11.8. The Morgan fingerprint density at radius 1 is 1.00 bits per heavy atom. The van der Waals surface area contributed by atoms with E-state index in [0.29, 0.717) is 12.8 Å². The van der Waals surface area contributed by atoms with Crippen molar-refractivity contribution in [2.24, 2.45) is 5.92 Å². The van der Waals surface area contributed by atoms with Gasteiger partial charge in [0, 0.05) is 10.6 Å². The monoisotopic (exact) mass is 426 g/mol. The summed E-state index contributed by atoms with van der Waals surface area (Å²) in [5.74, 6) is -2.18. The number of benzene rings is 3. The first-order valence-electron chi connectivity index (χ1n) is 9.47. The highest BCUT2D eigenvalue weighted by Crippen LogP contribution is 2.38. The van der Waals surface area contributed by atoms with Crippen molar-refractivity contribution in [2.75, 3.05) is 5.75 Å². The zero-order valence-electron chi connectivity index (χ0n) is 15.9. The topological polar surface area (TPSA) is 74.6 Å². The molecule has 0 saturated carbocycles. The van der Waals surface area contributed by atoms with Gasteiger partial charge in [0.1, 0.15) is 0 Å². The Morgan fingerprint density at radius 2 is 1.69 bits per heavy atom. The van der Waals surface area contributed by atoms with Crippen LogP contribution in [-0.4, -0.2) is 27.3 Å². The fraction of sp³-hybridized carbons (Fsp3) is 0.261. The molecule has 3 rings (SSSR count). The molecule has 0 amide bonds. The minimum absolute atomic E-state index is 0.0404. The minimum atomic E-state index is -1.82. The lowest BCUT2D eigenvalue weighted by Crippen LogP contribution is -2.40. The van der Waals surface area contributed by atoms with Crippen LogP contribution in [0.3, 0.4) is 0 Å². The Morgan fingerprint density at radius 3 is 2.38 bits per heavy atom. The Labute approximate surface area is 176 Å². The first kappa shape index (κ1) is 21.5. The summed E-state index contributed by atoms with van der Waals surface area (Å²) in [7, 11) is -0.564. The SMILES string of the molecule is O=PC(O)(CSc1ccc2ccccc2c1)C(CCCc1ccccc1)C(=O)O. The average Bonchev–Trinajstić information content (AvgIpc) is 2.75. The Balaban J connectivity index is 1.66. The maximum Gasteiger partial charge on any atom is 0.310 e. The van der Waals surface area contributed by atoms with Gasteiger partial charge in [0.05, 0.1) is 5.92 Å². The lowest BCUT2D eigenvalue weighted by Gasteiger charge is -2.27. The first-order valence-corrected chi connectivity index (χ1v) is 11.3. The summed E-state index contributed by atoms with van der Waals surface area (Å²) in [6.07, 6.45) is 1.57. The van der Waals surface area contributed by atoms with Crippen LogP contribution in [0.25, 0.3) is 10.8 Å². The molecular weight excluding hydrogens is 403 g/mol. The van der Waals surface area contributed by atoms with Crippen molar-refractivity contribution in [1.29, 1.82) is 0 Å². The van der Waals surface area contributed by atoms with Crippen LogP contribution in [0.1, 0.15) is 18.4 Å². The van der Waals surface area contributed by atoms with Crippen molar-refractivity contribution in [2.45, 2.75) is 29.5 Å². The van der Waals surface area contributed by atoms with Crippen molar-refractivity contribution < 1.29 is 19.6 Å². The molecule has 3 aromatic carbocycles. The van der Waals surface area contributed by atoms with Crippen LogP contribution in [0, 0.1) is 5.92 Å². The van der Waals surface area contributed by atoms with Crippen LogP contribution in [0.2, 0.25) is 0 Å². The first-order chi connectivity index (χ1) is 14.0. The summed E-state index contributed by atoms with van der Waals surface area (Å²) in [5.41, 5.74) is 1.12. The molecule has 2 unspecified atom stereocenters. The number of aryl methyl sites for hydroxylation is 1. The number of carboxylic acids is 1. The summed E-state index contributed by atoms with van der Waals surface area (Å²) >= 11 is 1.32. The number of rotatable bonds is 10. The van der Waals surface area contributed by atoms with Gasteiger partial charge >= 0.3 is 5.97 Å². The van der Waals surface area contributed by atoms with Gasteiger partial charge in [-0.05, 0) is 47.7 Å². The van der Waals surface area contributed by atoms with E-state index in [4.69, 9.17) is 0 Å². The van der Waals surface area contributed by atoms with Gasteiger partial charge in [0.25, 0.3) is 0 Å². The highest BCUT2D eigenvalue weighted by atomic mass is 32.2. The van der Waals surface area contributed by atoms with E-state index in [-0.39, 0.29) is 12.2 Å². The van der Waals surface area contributed by atoms with E-state index in [1.807, 2.05) is 72.8 Å². The van der Waals surface area contributed by atoms with Gasteiger partial charge in [-0.2, -0.15) is 0 Å². The van der Waals surface area contributed by atoms with Gasteiger partial charge in [-0.3, -0.25) is 9.36 Å². The molecule has 0 aliphatic carbocycles. The molecule has 0 aliphatic heterocycles. The van der Waals surface area contributed by atoms with E-state index in [9.17, 15) is 19.6 Å². The number of aliphatic hydroxyl groups is 1. The van der Waals surface area contributed by atoms with Gasteiger partial charge in [-0.25, -0.2) is 0 Å². The smallest absolute Gasteiger partial charge is 0.310 e. The number of hydrogen-bond acceptors (Lipinski definition) is 4. The van der Waals surface area contributed by atoms with Crippen molar-refractivity contribution in [3.05, 3.63) is 78.4 Å². The summed E-state index contributed by atoms with van der Waals surface area (Å²) in [4.78, 5) is 12.7. The number of aliphatic carboxylic acids is 1. The van der Waals surface area contributed by atoms with E-state index < -0.39 is 25.7 Å². The van der Waals surface area contributed by atoms with Gasteiger partial charge in [0.15, 0.2) is 13.8 Å². The fourth-order valence-corrected chi connectivity index (χ4v) is 5.07. The molecule has 0 saturated heterocycles. The standard InChI is InChI=1S/C23H23O4PS/c24-22(25)21(12-6-9-17-7-2-1-3-8-17)23(26,28-27)16-29-20-14-13-18-10-4-5-11-19(18)15-20/h1-5,7-8,10-11,13-15,21,26H,6,9,12,16H2,(H,24,25). The second-order valence-corrected chi connectivity index (χ2v) is 9.04. The van der Waals surface area contributed by atoms with Gasteiger partial charge in [0.2, 0.25) is 0 Å². The highest BCUT2D eigenvalue weighted by molar-refractivity contribution is 7.99. The van der Waals surface area contributed by atoms with E-state index in [2.05, 4.69) is 0 Å². The molecule has 0 heterocycles. The fourth-order valence-electron chi connectivity index (χ4n) is 3.34. The lowest BCUT2D eigenvalue weighted by molar-refractivity contribution is -0.146. The normalized spacial score (nSPS) is 14.5. The Hall–Kier alpha value is -2.20. The van der Waals surface area contributed by atoms with Crippen molar-refractivity contribution in [3.8, 4) is 0 Å². The molecule has 6 heteroatoms. The summed E-state index contributed by atoms with van der Waals surface area (Å²) in [5, 5.41) is 20.9. The van der Waals surface area contributed by atoms with Crippen molar-refractivity contribution in [1.82, 2.24) is 0 Å². The summed E-state index contributed by atoms with van der Waals surface area (Å²) < 4.78 is 11.8. The third-order valence-corrected chi connectivity index (χ3v) is 7.16. The maximum absolute atomic E-state index is 11.8. The van der Waals surface area contributed by atoms with E-state index in [0.717, 1.165) is 21.2 Å². The molecule has 4 nitrogen and oxygen atoms in total. The molecule has 29 heavy (non-hydrogen) atoms.